The van der Waals surface area contributed by atoms with Crippen molar-refractivity contribution < 1.29 is 9.53 Å². The fourth-order valence-electron chi connectivity index (χ4n) is 3.85. The van der Waals surface area contributed by atoms with Gasteiger partial charge in [0.1, 0.15) is 5.75 Å². The van der Waals surface area contributed by atoms with E-state index in [1.165, 1.54) is 0 Å². The van der Waals surface area contributed by atoms with Gasteiger partial charge < -0.3 is 15.0 Å². The van der Waals surface area contributed by atoms with Gasteiger partial charge in [-0.1, -0.05) is 60.7 Å². The molecule has 30 heavy (non-hydrogen) atoms. The number of carbonyl (C=O) groups excluding carboxylic acids is 1. The lowest BCUT2D eigenvalue weighted by Gasteiger charge is -2.35. The maximum atomic E-state index is 12.7. The van der Waals surface area contributed by atoms with Crippen LogP contribution in [0.3, 0.4) is 0 Å². The number of nitrogens with one attached hydrogen (secondary N) is 1. The molecule has 3 aromatic carbocycles. The number of ether oxygens (including phenoxy) is 1. The average molecular weight is 404 g/mol. The Hall–Kier alpha value is -2.89. The van der Waals surface area contributed by atoms with E-state index < -0.39 is 0 Å². The summed E-state index contributed by atoms with van der Waals surface area (Å²) in [5.41, 5.74) is 1.12. The second-order valence-electron chi connectivity index (χ2n) is 7.93. The van der Waals surface area contributed by atoms with Crippen LogP contribution in [0, 0.1) is 0 Å². The zero-order chi connectivity index (χ0) is 20.8. The van der Waals surface area contributed by atoms with Gasteiger partial charge in [0.15, 0.2) is 6.61 Å². The number of nitrogens with zero attached hydrogens (tertiary/aromatic N) is 2. The first-order valence-corrected chi connectivity index (χ1v) is 10.5. The summed E-state index contributed by atoms with van der Waals surface area (Å²) in [7, 11) is 2.15. The van der Waals surface area contributed by atoms with E-state index in [1.54, 1.807) is 0 Å². The summed E-state index contributed by atoms with van der Waals surface area (Å²) in [6.07, 6.45) is 0. The molecular weight excluding hydrogens is 374 g/mol. The molecule has 1 fully saturated rings. The molecular formula is C25H29N3O2. The van der Waals surface area contributed by atoms with Crippen molar-refractivity contribution in [2.45, 2.75) is 6.04 Å². The first-order valence-electron chi connectivity index (χ1n) is 10.5. The molecule has 1 aliphatic heterocycles. The van der Waals surface area contributed by atoms with Crippen LogP contribution >= 0.6 is 0 Å². The quantitative estimate of drug-likeness (QED) is 0.657. The minimum Gasteiger partial charge on any atom is -0.484 e. The third kappa shape index (κ3) is 5.38. The number of piperazine rings is 1. The molecule has 1 heterocycles. The molecule has 5 nitrogen and oxygen atoms in total. The fourth-order valence-corrected chi connectivity index (χ4v) is 3.85. The molecule has 4 rings (SSSR count). The van der Waals surface area contributed by atoms with Crippen molar-refractivity contribution in [3.05, 3.63) is 78.4 Å². The summed E-state index contributed by atoms with van der Waals surface area (Å²) in [5, 5.41) is 5.44. The monoisotopic (exact) mass is 403 g/mol. The zero-order valence-electron chi connectivity index (χ0n) is 17.5. The Morgan fingerprint density at radius 2 is 1.63 bits per heavy atom. The molecule has 0 spiro atoms. The van der Waals surface area contributed by atoms with Gasteiger partial charge in [-0.15, -0.1) is 0 Å². The van der Waals surface area contributed by atoms with Crippen molar-refractivity contribution in [3.8, 4) is 5.75 Å². The molecule has 1 unspecified atom stereocenters. The maximum Gasteiger partial charge on any atom is 0.258 e. The maximum absolute atomic E-state index is 12.7. The zero-order valence-corrected chi connectivity index (χ0v) is 17.5. The third-order valence-corrected chi connectivity index (χ3v) is 5.66. The number of amides is 1. The molecule has 1 amide bonds. The minimum atomic E-state index is -0.105. The molecule has 156 valence electrons. The van der Waals surface area contributed by atoms with Crippen molar-refractivity contribution in [2.75, 3.05) is 46.4 Å². The van der Waals surface area contributed by atoms with E-state index in [1.807, 2.05) is 54.6 Å². The lowest BCUT2D eigenvalue weighted by Crippen LogP contribution is -2.48. The van der Waals surface area contributed by atoms with E-state index in [4.69, 9.17) is 4.74 Å². The highest BCUT2D eigenvalue weighted by Crippen LogP contribution is 2.21. The summed E-state index contributed by atoms with van der Waals surface area (Å²) in [6, 6.07) is 24.2. The smallest absolute Gasteiger partial charge is 0.258 e. The van der Waals surface area contributed by atoms with Crippen LogP contribution in [0.4, 0.5) is 0 Å². The second kappa shape index (κ2) is 9.74. The summed E-state index contributed by atoms with van der Waals surface area (Å²) < 4.78 is 5.78. The van der Waals surface area contributed by atoms with Crippen LogP contribution in [0.25, 0.3) is 10.8 Å². The van der Waals surface area contributed by atoms with Crippen LogP contribution in [0.5, 0.6) is 5.75 Å². The minimum absolute atomic E-state index is 0.00438. The van der Waals surface area contributed by atoms with Crippen LogP contribution < -0.4 is 10.1 Å². The van der Waals surface area contributed by atoms with E-state index in [2.05, 4.69) is 40.4 Å². The first kappa shape index (κ1) is 20.4. The number of hydrogen-bond acceptors (Lipinski definition) is 4. The number of rotatable bonds is 7. The van der Waals surface area contributed by atoms with E-state index in [-0.39, 0.29) is 18.6 Å². The fraction of sp³-hybridized carbons (Fsp3) is 0.320. The van der Waals surface area contributed by atoms with Gasteiger partial charge in [-0.25, -0.2) is 0 Å². The molecule has 1 N–H and O–H groups in total. The van der Waals surface area contributed by atoms with Crippen molar-refractivity contribution in [2.24, 2.45) is 0 Å². The van der Waals surface area contributed by atoms with Crippen molar-refractivity contribution in [1.82, 2.24) is 15.1 Å². The highest BCUT2D eigenvalue weighted by Gasteiger charge is 2.21. The normalized spacial score (nSPS) is 16.3. The largest absolute Gasteiger partial charge is 0.484 e. The molecule has 0 aliphatic carbocycles. The topological polar surface area (TPSA) is 44.8 Å². The lowest BCUT2D eigenvalue weighted by molar-refractivity contribution is -0.124. The Labute approximate surface area is 178 Å². The Morgan fingerprint density at radius 1 is 0.933 bits per heavy atom. The molecule has 1 atom stereocenters. The van der Waals surface area contributed by atoms with Gasteiger partial charge in [-0.2, -0.15) is 0 Å². The number of carbonyl (C=O) groups is 1. The summed E-state index contributed by atoms with van der Waals surface area (Å²) in [5.74, 6) is 0.602. The number of hydrogen-bond donors (Lipinski definition) is 1. The predicted molar refractivity (Wildman–Crippen MR) is 121 cm³/mol. The molecule has 3 aromatic rings. The Morgan fingerprint density at radius 3 is 2.40 bits per heavy atom. The van der Waals surface area contributed by atoms with Crippen LogP contribution in [-0.4, -0.2) is 62.1 Å². The molecule has 1 aliphatic rings. The van der Waals surface area contributed by atoms with Gasteiger partial charge in [0.05, 0.1) is 6.04 Å². The van der Waals surface area contributed by atoms with Gasteiger partial charge in [0.25, 0.3) is 5.91 Å². The number of benzene rings is 3. The van der Waals surface area contributed by atoms with Crippen molar-refractivity contribution in [3.63, 3.8) is 0 Å². The van der Waals surface area contributed by atoms with Crippen molar-refractivity contribution in [1.29, 1.82) is 0 Å². The molecule has 1 saturated heterocycles. The third-order valence-electron chi connectivity index (χ3n) is 5.66. The Bertz CT molecular complexity index is 968. The van der Waals surface area contributed by atoms with E-state index in [0.29, 0.717) is 5.75 Å². The standard InChI is InChI=1S/C25H29N3O2/c1-27-13-15-28(16-14-27)18-24(21-8-3-2-4-9-21)26-25(29)19-30-23-12-11-20-7-5-6-10-22(20)17-23/h2-12,17,24H,13-16,18-19H2,1H3,(H,26,29). The van der Waals surface area contributed by atoms with Gasteiger partial charge >= 0.3 is 0 Å². The lowest BCUT2D eigenvalue weighted by atomic mass is 10.1. The van der Waals surface area contributed by atoms with Gasteiger partial charge in [-0.3, -0.25) is 9.69 Å². The van der Waals surface area contributed by atoms with E-state index in [9.17, 15) is 4.79 Å². The summed E-state index contributed by atoms with van der Waals surface area (Å²) >= 11 is 0. The van der Waals surface area contributed by atoms with E-state index >= 15 is 0 Å². The predicted octanol–water partition coefficient (Wildman–Crippen LogP) is 3.32. The van der Waals surface area contributed by atoms with Crippen LogP contribution in [0.1, 0.15) is 11.6 Å². The second-order valence-corrected chi connectivity index (χ2v) is 7.93. The molecule has 5 heteroatoms. The number of likely N-dealkylation sites (N-methyl/N-ethyl adjacent to an activating group) is 1. The molecule has 0 bridgehead atoms. The highest BCUT2D eigenvalue weighted by atomic mass is 16.5. The van der Waals surface area contributed by atoms with Crippen LogP contribution in [0.15, 0.2) is 72.8 Å². The van der Waals surface area contributed by atoms with Gasteiger partial charge in [-0.05, 0) is 35.5 Å². The van der Waals surface area contributed by atoms with Crippen molar-refractivity contribution >= 4 is 16.7 Å². The highest BCUT2D eigenvalue weighted by molar-refractivity contribution is 5.84. The SMILES string of the molecule is CN1CCN(CC(NC(=O)COc2ccc3ccccc3c2)c2ccccc2)CC1. The molecule has 0 aromatic heterocycles. The summed E-state index contributed by atoms with van der Waals surface area (Å²) in [4.78, 5) is 17.5. The first-order chi connectivity index (χ1) is 14.7. The molecule has 0 radical (unpaired) electrons. The van der Waals surface area contributed by atoms with E-state index in [0.717, 1.165) is 49.1 Å². The number of fused-ring (bicyclic) bond motifs is 1. The van der Waals surface area contributed by atoms with Gasteiger partial charge in [0, 0.05) is 32.7 Å². The Kier molecular flexibility index (Phi) is 6.62. The average Bonchev–Trinajstić information content (AvgIpc) is 2.79. The van der Waals surface area contributed by atoms with Crippen LogP contribution in [-0.2, 0) is 4.79 Å². The Balaban J connectivity index is 1.38. The van der Waals surface area contributed by atoms with Crippen LogP contribution in [0.2, 0.25) is 0 Å². The summed E-state index contributed by atoms with van der Waals surface area (Å²) in [6.45, 7) is 4.96. The van der Waals surface area contributed by atoms with Gasteiger partial charge in [0.2, 0.25) is 0 Å². The molecule has 0 saturated carbocycles.